The summed E-state index contributed by atoms with van der Waals surface area (Å²) in [6.45, 7) is 43.5. The van der Waals surface area contributed by atoms with E-state index in [9.17, 15) is 28.8 Å². The maximum absolute atomic E-state index is 12.2. The molecule has 0 spiro atoms. The number of allylic oxidation sites excluding steroid dienone is 20. The summed E-state index contributed by atoms with van der Waals surface area (Å²) in [4.78, 5) is 67.2. The molecule has 0 heterocycles. The third kappa shape index (κ3) is 40.6. The van der Waals surface area contributed by atoms with Crippen LogP contribution in [0.3, 0.4) is 0 Å². The summed E-state index contributed by atoms with van der Waals surface area (Å²) in [6, 6.07) is 46.2. The summed E-state index contributed by atoms with van der Waals surface area (Å²) in [5, 5.41) is 40.6. The summed E-state index contributed by atoms with van der Waals surface area (Å²) in [5.74, 6) is -4.26. The van der Waals surface area contributed by atoms with Crippen molar-refractivity contribution >= 4 is 69.4 Å². The molecule has 4 aliphatic rings. The predicted molar refractivity (Wildman–Crippen MR) is 480 cm³/mol. The lowest BCUT2D eigenvalue weighted by atomic mass is 9.86. The van der Waals surface area contributed by atoms with Gasteiger partial charge in [0.1, 0.15) is 0 Å². The lowest BCUT2D eigenvalue weighted by Crippen LogP contribution is -2.09. The number of hydrogen-bond donors (Lipinski definition) is 6. The number of carbonyl (C=O) groups is 6. The zero-order chi connectivity index (χ0) is 84.9. The van der Waals surface area contributed by atoms with Crippen molar-refractivity contribution in [1.82, 2.24) is 0 Å². The van der Waals surface area contributed by atoms with Crippen LogP contribution in [0, 0.1) is 0 Å². The highest BCUT2D eigenvalue weighted by Gasteiger charge is 2.17. The van der Waals surface area contributed by atoms with Gasteiger partial charge in [0.2, 0.25) is 11.8 Å². The van der Waals surface area contributed by atoms with E-state index in [1.54, 1.807) is 50.3 Å². The number of aliphatic carboxylic acids is 2. The molecule has 12 nitrogen and oxygen atoms in total. The fourth-order valence-electron chi connectivity index (χ4n) is 11.9. The highest BCUT2D eigenvalue weighted by atomic mass is 16.4. The zero-order valence-corrected chi connectivity index (χ0v) is 71.7. The summed E-state index contributed by atoms with van der Waals surface area (Å²) in [5.41, 5.74) is 23.3. The van der Waals surface area contributed by atoms with Gasteiger partial charge in [-0.3, -0.25) is 9.59 Å². The van der Waals surface area contributed by atoms with Crippen LogP contribution in [-0.4, -0.2) is 56.1 Å². The summed E-state index contributed by atoms with van der Waals surface area (Å²) in [7, 11) is 0. The Morgan fingerprint density at radius 2 is 0.518 bits per heavy atom. The molecule has 6 N–H and O–H groups in total. The summed E-state index contributed by atoms with van der Waals surface area (Å²) in [6.07, 6.45) is 39.0. The molecule has 0 saturated carbocycles. The number of aryl methyl sites for hydroxylation is 4. The Hall–Kier alpha value is -11.0. The van der Waals surface area contributed by atoms with Crippen LogP contribution in [0.4, 0.5) is 11.4 Å². The maximum Gasteiger partial charge on any atom is 0.335 e. The summed E-state index contributed by atoms with van der Waals surface area (Å²) < 4.78 is 0. The van der Waals surface area contributed by atoms with Gasteiger partial charge in [-0.05, 0) is 256 Å². The first-order chi connectivity index (χ1) is 54.2. The van der Waals surface area contributed by atoms with Gasteiger partial charge in [0.15, 0.2) is 0 Å². The second kappa shape index (κ2) is 62.7. The van der Waals surface area contributed by atoms with Gasteiger partial charge in [-0.1, -0.05) is 280 Å². The molecule has 0 fully saturated rings. The van der Waals surface area contributed by atoms with Crippen molar-refractivity contribution in [1.29, 1.82) is 0 Å². The molecule has 6 aromatic carbocycles. The van der Waals surface area contributed by atoms with E-state index in [-0.39, 0.29) is 22.9 Å². The van der Waals surface area contributed by atoms with Crippen LogP contribution >= 0.6 is 0 Å². The topological polar surface area (TPSA) is 207 Å². The number of aromatic carboxylic acids is 2. The molecule has 10 rings (SSSR count). The van der Waals surface area contributed by atoms with Crippen molar-refractivity contribution in [3.8, 4) is 0 Å². The fourth-order valence-corrected chi connectivity index (χ4v) is 11.9. The molecule has 0 saturated heterocycles. The number of benzene rings is 6. The van der Waals surface area contributed by atoms with Gasteiger partial charge in [0.25, 0.3) is 0 Å². The van der Waals surface area contributed by atoms with E-state index in [1.807, 2.05) is 173 Å². The predicted octanol–water partition coefficient (Wildman–Crippen LogP) is 27.5. The van der Waals surface area contributed by atoms with Crippen molar-refractivity contribution in [3.63, 3.8) is 0 Å². The number of carboxylic acids is 4. The first-order valence-corrected chi connectivity index (χ1v) is 40.5. The van der Waals surface area contributed by atoms with Crippen LogP contribution in [0.15, 0.2) is 264 Å². The Morgan fingerprint density at radius 3 is 0.750 bits per heavy atom. The number of hydrogen-bond acceptors (Lipinski definition) is 6. The molecule has 2 amide bonds. The van der Waals surface area contributed by atoms with Crippen LogP contribution in [0.2, 0.25) is 0 Å². The first-order valence-electron chi connectivity index (χ1n) is 40.5. The molecule has 6 aromatic rings. The minimum atomic E-state index is -0.988. The monoisotopic (exact) mass is 1520 g/mol. The maximum atomic E-state index is 12.2. The lowest BCUT2D eigenvalue weighted by Gasteiger charge is -2.19. The van der Waals surface area contributed by atoms with E-state index in [1.165, 1.54) is 127 Å². The van der Waals surface area contributed by atoms with Gasteiger partial charge in [-0.15, -0.1) is 0 Å². The average molecular weight is 1520 g/mol. The largest absolute Gasteiger partial charge is 0.478 e. The number of anilines is 2. The molecule has 4 aliphatic carbocycles. The molecule has 0 bridgehead atoms. The van der Waals surface area contributed by atoms with E-state index in [0.717, 1.165) is 86.5 Å². The van der Waals surface area contributed by atoms with E-state index in [2.05, 4.69) is 134 Å². The number of amides is 2. The minimum Gasteiger partial charge on any atom is -0.478 e. The summed E-state index contributed by atoms with van der Waals surface area (Å²) >= 11 is 0. The van der Waals surface area contributed by atoms with E-state index < -0.39 is 23.9 Å². The molecule has 112 heavy (non-hydrogen) atoms. The minimum absolute atomic E-state index is 0.190. The van der Waals surface area contributed by atoms with Crippen LogP contribution in [-0.2, 0) is 44.9 Å². The molecular weight excluding hydrogens is 1390 g/mol. The van der Waals surface area contributed by atoms with Crippen molar-refractivity contribution in [2.75, 3.05) is 10.6 Å². The van der Waals surface area contributed by atoms with Crippen LogP contribution in [0.1, 0.15) is 269 Å². The van der Waals surface area contributed by atoms with Crippen LogP contribution < -0.4 is 10.6 Å². The Bertz CT molecular complexity index is 3940. The zero-order valence-electron chi connectivity index (χ0n) is 71.7. The van der Waals surface area contributed by atoms with Gasteiger partial charge in [0.05, 0.1) is 11.1 Å². The Balaban J connectivity index is 0. The average Bonchev–Trinajstić information content (AvgIpc) is 0.841. The molecule has 0 unspecified atom stereocenters. The van der Waals surface area contributed by atoms with Crippen molar-refractivity contribution in [3.05, 3.63) is 320 Å². The number of rotatable bonds is 16. The number of fused-ring (bicyclic) bond motifs is 4. The standard InChI is InChI=1S/2C22H21NO3.2C20H22O2.8C2H6/c2*1-15(13-18-7-4-6-16-5-2-3-8-20(16)18)14-21(24)23-19-11-9-17(10-12-19)22(25)26;2*1-15(7-5-8-16(2)14-20(21)22)13-18-11-6-10-17-9-3-4-12-19(17)18;8*1-2/h2*2-3,5,8-14H,4,6-7H2,1H3,(H,23,24)(H,25,26);2*3-5,7-9,12-14H,6,10-11H2,1-2H3,(H,21,22);8*1-2H3/b15-14+,18-13+;15-14-,18-13+;8-5+,15-7+,16-14+,18-13+;8-5+,15-7-,16-14+,18-13+;;;;;;;;. The van der Waals surface area contributed by atoms with E-state index in [0.29, 0.717) is 11.4 Å². The molecular formula is C100H134N2O10. The second-order valence-corrected chi connectivity index (χ2v) is 24.2. The molecule has 0 aromatic heterocycles. The lowest BCUT2D eigenvalue weighted by molar-refractivity contribution is -0.132. The number of nitrogens with one attached hydrogen (secondary N) is 2. The van der Waals surface area contributed by atoms with E-state index in [4.69, 9.17) is 20.4 Å². The SMILES string of the molecule is CC.CC.CC.CC.CC.CC.CC.CC.CC(=C/C(=O)Nc1ccc(C(=O)O)cc1)/C=C1\CCCc2ccccc21.CC(=C/C=C/C(C)=C/C(=O)O)/C=C1\CCCc2ccccc21.CC(=C\C(=O)Nc1ccc(C(=O)O)cc1)/C=C1\CCCc2ccccc21.CC(=C\C=C\C(C)=C\C(=O)O)/C=C1\CCCc2ccccc21. The highest BCUT2D eigenvalue weighted by Crippen LogP contribution is 2.35. The van der Waals surface area contributed by atoms with Crippen LogP contribution in [0.5, 0.6) is 0 Å². The molecule has 0 atom stereocenters. The van der Waals surface area contributed by atoms with Crippen molar-refractivity contribution in [2.24, 2.45) is 0 Å². The molecule has 0 aliphatic heterocycles. The highest BCUT2D eigenvalue weighted by molar-refractivity contribution is 6.01. The van der Waals surface area contributed by atoms with Gasteiger partial charge in [-0.25, -0.2) is 19.2 Å². The van der Waals surface area contributed by atoms with Gasteiger partial charge >= 0.3 is 23.9 Å². The third-order valence-electron chi connectivity index (χ3n) is 16.3. The quantitative estimate of drug-likeness (QED) is 0.0399. The van der Waals surface area contributed by atoms with Gasteiger partial charge < -0.3 is 31.1 Å². The second-order valence-electron chi connectivity index (χ2n) is 24.2. The first kappa shape index (κ1) is 103. The van der Waals surface area contributed by atoms with Crippen molar-refractivity contribution in [2.45, 2.75) is 229 Å². The molecule has 604 valence electrons. The normalized spacial score (nSPS) is 14.6. The smallest absolute Gasteiger partial charge is 0.335 e. The Labute approximate surface area is 674 Å². The molecule has 0 radical (unpaired) electrons. The number of carbonyl (C=O) groups excluding carboxylic acids is 2. The molecule has 12 heteroatoms. The van der Waals surface area contributed by atoms with Gasteiger partial charge in [-0.2, -0.15) is 0 Å². The van der Waals surface area contributed by atoms with Crippen molar-refractivity contribution < 1.29 is 49.2 Å². The third-order valence-corrected chi connectivity index (χ3v) is 16.3. The van der Waals surface area contributed by atoms with Gasteiger partial charge in [0, 0.05) is 35.7 Å². The Kier molecular flexibility index (Phi) is 57.7. The van der Waals surface area contributed by atoms with E-state index >= 15 is 0 Å². The van der Waals surface area contributed by atoms with Crippen LogP contribution in [0.25, 0.3) is 22.3 Å². The fraction of sp³-hybridized carbons (Fsp3) is 0.340. The Morgan fingerprint density at radius 1 is 0.286 bits per heavy atom. The number of carboxylic acid groups (broad SMARTS) is 4.